The van der Waals surface area contributed by atoms with Crippen LogP contribution in [0.25, 0.3) is 0 Å². The van der Waals surface area contributed by atoms with Crippen molar-refractivity contribution < 1.29 is 9.13 Å². The van der Waals surface area contributed by atoms with Crippen molar-refractivity contribution in [1.82, 2.24) is 15.1 Å². The number of aromatic nitrogens is 2. The van der Waals surface area contributed by atoms with Crippen molar-refractivity contribution in [3.8, 4) is 5.75 Å². The number of rotatable bonds is 6. The van der Waals surface area contributed by atoms with Gasteiger partial charge in [-0.15, -0.1) is 0 Å². The number of benzene rings is 1. The van der Waals surface area contributed by atoms with E-state index in [-0.39, 0.29) is 11.6 Å². The van der Waals surface area contributed by atoms with E-state index in [9.17, 15) is 4.39 Å². The first kappa shape index (κ1) is 13.5. The maximum Gasteiger partial charge on any atom is 0.170 e. The second kappa shape index (κ2) is 6.33. The van der Waals surface area contributed by atoms with Crippen LogP contribution in [0, 0.1) is 5.82 Å². The summed E-state index contributed by atoms with van der Waals surface area (Å²) in [5.41, 5.74) is 1.60. The average molecular weight is 263 g/mol. The van der Waals surface area contributed by atoms with Gasteiger partial charge in [-0.05, 0) is 18.7 Å². The molecule has 1 aromatic heterocycles. The molecule has 1 N–H and O–H groups in total. The lowest BCUT2D eigenvalue weighted by Gasteiger charge is -2.10. The van der Waals surface area contributed by atoms with Crippen molar-refractivity contribution in [1.29, 1.82) is 0 Å². The Morgan fingerprint density at radius 3 is 2.95 bits per heavy atom. The van der Waals surface area contributed by atoms with Crippen LogP contribution in [0.4, 0.5) is 4.39 Å². The molecule has 0 bridgehead atoms. The molecule has 2 aromatic rings. The molecule has 0 atom stereocenters. The molecule has 0 saturated heterocycles. The van der Waals surface area contributed by atoms with E-state index in [4.69, 9.17) is 4.74 Å². The second-order valence-corrected chi connectivity index (χ2v) is 4.19. The van der Waals surface area contributed by atoms with Crippen LogP contribution in [0.5, 0.6) is 5.75 Å². The molecule has 0 aliphatic heterocycles. The molecule has 0 aliphatic rings. The summed E-state index contributed by atoms with van der Waals surface area (Å²) >= 11 is 0. The van der Waals surface area contributed by atoms with E-state index in [1.165, 1.54) is 7.11 Å². The summed E-state index contributed by atoms with van der Waals surface area (Å²) in [6.07, 6.45) is 1.73. The summed E-state index contributed by atoms with van der Waals surface area (Å²) in [4.78, 5) is 0. The van der Waals surface area contributed by atoms with E-state index in [1.54, 1.807) is 29.1 Å². The highest BCUT2D eigenvalue weighted by molar-refractivity contribution is 5.31. The van der Waals surface area contributed by atoms with Gasteiger partial charge in [0.2, 0.25) is 0 Å². The quantitative estimate of drug-likeness (QED) is 0.868. The number of hydrogen-bond acceptors (Lipinski definition) is 3. The molecule has 0 radical (unpaired) electrons. The topological polar surface area (TPSA) is 39.1 Å². The lowest BCUT2D eigenvalue weighted by molar-refractivity contribution is 0.383. The minimum absolute atomic E-state index is 0.262. The van der Waals surface area contributed by atoms with Gasteiger partial charge in [0, 0.05) is 18.3 Å². The SMILES string of the molecule is CCNCc1ccnn1Cc1cccc(OC)c1F. The fourth-order valence-electron chi connectivity index (χ4n) is 1.90. The highest BCUT2D eigenvalue weighted by Gasteiger charge is 2.10. The zero-order valence-electron chi connectivity index (χ0n) is 11.2. The van der Waals surface area contributed by atoms with E-state index >= 15 is 0 Å². The summed E-state index contributed by atoms with van der Waals surface area (Å²) in [6.45, 7) is 4.06. The van der Waals surface area contributed by atoms with E-state index in [1.807, 2.05) is 13.0 Å². The summed E-state index contributed by atoms with van der Waals surface area (Å²) in [6, 6.07) is 7.07. The summed E-state index contributed by atoms with van der Waals surface area (Å²) in [5, 5.41) is 7.46. The van der Waals surface area contributed by atoms with E-state index < -0.39 is 0 Å². The molecule has 4 nitrogen and oxygen atoms in total. The van der Waals surface area contributed by atoms with Gasteiger partial charge in [-0.3, -0.25) is 4.68 Å². The van der Waals surface area contributed by atoms with Gasteiger partial charge in [0.1, 0.15) is 0 Å². The van der Waals surface area contributed by atoms with Gasteiger partial charge in [0.25, 0.3) is 0 Å². The number of halogens is 1. The number of methoxy groups -OCH3 is 1. The van der Waals surface area contributed by atoms with E-state index in [2.05, 4.69) is 10.4 Å². The van der Waals surface area contributed by atoms with E-state index in [0.29, 0.717) is 12.1 Å². The minimum atomic E-state index is -0.324. The van der Waals surface area contributed by atoms with Crippen LogP contribution in [0.1, 0.15) is 18.2 Å². The Hall–Kier alpha value is -1.88. The molecule has 2 rings (SSSR count). The van der Waals surface area contributed by atoms with Crippen LogP contribution in [0.15, 0.2) is 30.5 Å². The molecule has 0 saturated carbocycles. The molecule has 0 fully saturated rings. The molecule has 0 aliphatic carbocycles. The molecule has 0 spiro atoms. The highest BCUT2D eigenvalue weighted by Crippen LogP contribution is 2.20. The van der Waals surface area contributed by atoms with Crippen LogP contribution in [-0.2, 0) is 13.1 Å². The predicted molar refractivity (Wildman–Crippen MR) is 71.7 cm³/mol. The van der Waals surface area contributed by atoms with Crippen molar-refractivity contribution in [3.05, 3.63) is 47.5 Å². The Balaban J connectivity index is 2.19. The first-order chi connectivity index (χ1) is 9.26. The molecule has 102 valence electrons. The summed E-state index contributed by atoms with van der Waals surface area (Å²) < 4.78 is 20.8. The Labute approximate surface area is 112 Å². The van der Waals surface area contributed by atoms with Crippen molar-refractivity contribution in [3.63, 3.8) is 0 Å². The van der Waals surface area contributed by atoms with Gasteiger partial charge >= 0.3 is 0 Å². The van der Waals surface area contributed by atoms with Gasteiger partial charge in [0.15, 0.2) is 11.6 Å². The number of nitrogens with one attached hydrogen (secondary N) is 1. The first-order valence-corrected chi connectivity index (χ1v) is 6.29. The largest absolute Gasteiger partial charge is 0.494 e. The number of ether oxygens (including phenoxy) is 1. The third-order valence-corrected chi connectivity index (χ3v) is 2.94. The Kier molecular flexibility index (Phi) is 4.52. The number of hydrogen-bond donors (Lipinski definition) is 1. The molecule has 0 unspecified atom stereocenters. The van der Waals surface area contributed by atoms with Crippen molar-refractivity contribution in [2.75, 3.05) is 13.7 Å². The van der Waals surface area contributed by atoms with Crippen LogP contribution in [-0.4, -0.2) is 23.4 Å². The maximum atomic E-state index is 14.1. The standard InChI is InChI=1S/C14H18FN3O/c1-3-16-9-12-7-8-17-18(12)10-11-5-4-6-13(19-2)14(11)15/h4-8,16H,3,9-10H2,1-2H3. The molecule has 5 heteroatoms. The third-order valence-electron chi connectivity index (χ3n) is 2.94. The van der Waals surface area contributed by atoms with Gasteiger partial charge in [0.05, 0.1) is 19.3 Å². The van der Waals surface area contributed by atoms with Gasteiger partial charge < -0.3 is 10.1 Å². The molecule has 19 heavy (non-hydrogen) atoms. The second-order valence-electron chi connectivity index (χ2n) is 4.19. The minimum Gasteiger partial charge on any atom is -0.494 e. The summed E-state index contributed by atoms with van der Waals surface area (Å²) in [5.74, 6) is -0.0622. The highest BCUT2D eigenvalue weighted by atomic mass is 19.1. The Bertz CT molecular complexity index is 539. The van der Waals surface area contributed by atoms with Gasteiger partial charge in [-0.25, -0.2) is 4.39 Å². The van der Waals surface area contributed by atoms with Crippen LogP contribution >= 0.6 is 0 Å². The monoisotopic (exact) mass is 263 g/mol. The third kappa shape index (κ3) is 3.12. The van der Waals surface area contributed by atoms with Crippen molar-refractivity contribution in [2.45, 2.75) is 20.0 Å². The zero-order chi connectivity index (χ0) is 13.7. The fraction of sp³-hybridized carbons (Fsp3) is 0.357. The van der Waals surface area contributed by atoms with Crippen LogP contribution in [0.3, 0.4) is 0 Å². The van der Waals surface area contributed by atoms with Crippen LogP contribution < -0.4 is 10.1 Å². The lowest BCUT2D eigenvalue weighted by Crippen LogP contribution is -2.16. The lowest BCUT2D eigenvalue weighted by atomic mass is 10.2. The fourth-order valence-corrected chi connectivity index (χ4v) is 1.90. The van der Waals surface area contributed by atoms with Gasteiger partial charge in [-0.1, -0.05) is 19.1 Å². The predicted octanol–water partition coefficient (Wildman–Crippen LogP) is 2.19. The van der Waals surface area contributed by atoms with E-state index in [0.717, 1.165) is 18.8 Å². The molecule has 1 aromatic carbocycles. The molecule has 0 amide bonds. The Morgan fingerprint density at radius 2 is 2.21 bits per heavy atom. The molecular weight excluding hydrogens is 245 g/mol. The normalized spacial score (nSPS) is 10.7. The molecular formula is C14H18FN3O. The van der Waals surface area contributed by atoms with Crippen molar-refractivity contribution >= 4 is 0 Å². The summed E-state index contributed by atoms with van der Waals surface area (Å²) in [7, 11) is 1.46. The maximum absolute atomic E-state index is 14.1. The van der Waals surface area contributed by atoms with Gasteiger partial charge in [-0.2, -0.15) is 5.10 Å². The Morgan fingerprint density at radius 1 is 1.37 bits per heavy atom. The first-order valence-electron chi connectivity index (χ1n) is 6.29. The van der Waals surface area contributed by atoms with Crippen molar-refractivity contribution in [2.24, 2.45) is 0 Å². The number of nitrogens with zero attached hydrogens (tertiary/aromatic N) is 2. The smallest absolute Gasteiger partial charge is 0.170 e. The van der Waals surface area contributed by atoms with Crippen LogP contribution in [0.2, 0.25) is 0 Å². The zero-order valence-corrected chi connectivity index (χ0v) is 11.2. The average Bonchev–Trinajstić information content (AvgIpc) is 2.86. The molecule has 1 heterocycles.